The molecule has 0 aliphatic heterocycles. The molecule has 0 aromatic carbocycles. The lowest BCUT2D eigenvalue weighted by molar-refractivity contribution is 0.0357. The average Bonchev–Trinajstić information content (AvgIpc) is 2.03. The zero-order valence-corrected chi connectivity index (χ0v) is 9.05. The van der Waals surface area contributed by atoms with Crippen molar-refractivity contribution in [3.05, 3.63) is 0 Å². The number of hydrogen-bond donors (Lipinski definition) is 2. The molecule has 0 aromatic heterocycles. The maximum Gasteiger partial charge on any atom is 0.0897 e. The summed E-state index contributed by atoms with van der Waals surface area (Å²) in [6.07, 6.45) is 1.91. The third-order valence-corrected chi connectivity index (χ3v) is 1.82. The first-order valence-electron chi connectivity index (χ1n) is 5.07. The molecule has 0 radical (unpaired) electrons. The lowest BCUT2D eigenvalue weighted by Crippen LogP contribution is -2.28. The van der Waals surface area contributed by atoms with Crippen LogP contribution in [0.25, 0.3) is 0 Å². The molecule has 0 saturated carbocycles. The van der Waals surface area contributed by atoms with Gasteiger partial charge in [-0.25, -0.2) is 0 Å². The molecule has 0 aromatic rings. The topological polar surface area (TPSA) is 41.5 Å². The highest BCUT2D eigenvalue weighted by Gasteiger charge is 2.01. The number of aliphatic hydroxyl groups is 1. The van der Waals surface area contributed by atoms with Crippen molar-refractivity contribution in [3.63, 3.8) is 0 Å². The van der Waals surface area contributed by atoms with Crippen molar-refractivity contribution in [2.45, 2.75) is 32.8 Å². The summed E-state index contributed by atoms with van der Waals surface area (Å²) < 4.78 is 5.31. The second-order valence-electron chi connectivity index (χ2n) is 3.82. The first-order chi connectivity index (χ1) is 6.16. The summed E-state index contributed by atoms with van der Waals surface area (Å²) in [6, 6.07) is 0. The van der Waals surface area contributed by atoms with Gasteiger partial charge in [0.2, 0.25) is 0 Å². The van der Waals surface area contributed by atoms with Crippen LogP contribution in [0.3, 0.4) is 0 Å². The summed E-state index contributed by atoms with van der Waals surface area (Å²) in [5.41, 5.74) is 0. The standard InChI is InChI=1S/C10H23NO2/c1-9(2)5-4-6-13-8-10(12)7-11-3/h9-12H,4-8H2,1-3H3. The van der Waals surface area contributed by atoms with Crippen LogP contribution in [-0.2, 0) is 4.74 Å². The highest BCUT2D eigenvalue weighted by atomic mass is 16.5. The lowest BCUT2D eigenvalue weighted by atomic mass is 10.1. The molecule has 3 nitrogen and oxygen atoms in total. The molecule has 13 heavy (non-hydrogen) atoms. The van der Waals surface area contributed by atoms with E-state index in [1.807, 2.05) is 7.05 Å². The predicted molar refractivity (Wildman–Crippen MR) is 54.8 cm³/mol. The van der Waals surface area contributed by atoms with Gasteiger partial charge in [0.05, 0.1) is 12.7 Å². The number of rotatable bonds is 8. The van der Waals surface area contributed by atoms with Gasteiger partial charge in [-0.2, -0.15) is 0 Å². The van der Waals surface area contributed by atoms with Crippen LogP contribution in [0.2, 0.25) is 0 Å². The lowest BCUT2D eigenvalue weighted by Gasteiger charge is -2.10. The largest absolute Gasteiger partial charge is 0.389 e. The maximum atomic E-state index is 9.27. The fraction of sp³-hybridized carbons (Fsp3) is 1.00. The van der Waals surface area contributed by atoms with Crippen molar-refractivity contribution in [2.24, 2.45) is 5.92 Å². The second kappa shape index (κ2) is 8.48. The number of likely N-dealkylation sites (N-methyl/N-ethyl adjacent to an activating group) is 1. The quantitative estimate of drug-likeness (QED) is 0.560. The molecule has 1 atom stereocenters. The van der Waals surface area contributed by atoms with Crippen LogP contribution in [0, 0.1) is 5.92 Å². The first kappa shape index (κ1) is 12.9. The Morgan fingerprint density at radius 1 is 1.38 bits per heavy atom. The number of nitrogens with one attached hydrogen (secondary N) is 1. The van der Waals surface area contributed by atoms with E-state index in [4.69, 9.17) is 4.74 Å². The molecule has 0 bridgehead atoms. The first-order valence-corrected chi connectivity index (χ1v) is 5.07. The third kappa shape index (κ3) is 9.80. The molecule has 0 aliphatic rings. The van der Waals surface area contributed by atoms with Crippen molar-refractivity contribution in [3.8, 4) is 0 Å². The molecular formula is C10H23NO2. The Morgan fingerprint density at radius 3 is 2.62 bits per heavy atom. The normalized spacial score (nSPS) is 13.6. The van der Waals surface area contributed by atoms with Gasteiger partial charge in [0.25, 0.3) is 0 Å². The van der Waals surface area contributed by atoms with Crippen molar-refractivity contribution in [1.29, 1.82) is 0 Å². The number of ether oxygens (including phenoxy) is 1. The van der Waals surface area contributed by atoms with Crippen LogP contribution < -0.4 is 5.32 Å². The van der Waals surface area contributed by atoms with Crippen LogP contribution in [-0.4, -0.2) is 38.0 Å². The molecule has 0 amide bonds. The Kier molecular flexibility index (Phi) is 8.40. The summed E-state index contributed by atoms with van der Waals surface area (Å²) in [5.74, 6) is 0.742. The molecule has 0 heterocycles. The van der Waals surface area contributed by atoms with E-state index in [-0.39, 0.29) is 6.10 Å². The van der Waals surface area contributed by atoms with Crippen molar-refractivity contribution >= 4 is 0 Å². The van der Waals surface area contributed by atoms with Crippen molar-refractivity contribution in [1.82, 2.24) is 5.32 Å². The Hall–Kier alpha value is -0.120. The minimum atomic E-state index is -0.371. The summed E-state index contributed by atoms with van der Waals surface area (Å²) in [7, 11) is 1.82. The minimum absolute atomic E-state index is 0.371. The van der Waals surface area contributed by atoms with Crippen LogP contribution in [0.15, 0.2) is 0 Å². The Labute approximate surface area is 81.5 Å². The van der Waals surface area contributed by atoms with Gasteiger partial charge in [0, 0.05) is 13.2 Å². The van der Waals surface area contributed by atoms with Gasteiger partial charge in [0.15, 0.2) is 0 Å². The minimum Gasteiger partial charge on any atom is -0.389 e. The smallest absolute Gasteiger partial charge is 0.0897 e. The van der Waals surface area contributed by atoms with E-state index < -0.39 is 0 Å². The van der Waals surface area contributed by atoms with Gasteiger partial charge >= 0.3 is 0 Å². The maximum absolute atomic E-state index is 9.27. The van der Waals surface area contributed by atoms with Crippen LogP contribution in [0.5, 0.6) is 0 Å². The molecule has 0 saturated heterocycles. The zero-order valence-electron chi connectivity index (χ0n) is 9.05. The fourth-order valence-electron chi connectivity index (χ4n) is 1.11. The molecule has 1 unspecified atom stereocenters. The summed E-state index contributed by atoms with van der Waals surface area (Å²) in [5, 5.41) is 12.2. The molecular weight excluding hydrogens is 166 g/mol. The second-order valence-corrected chi connectivity index (χ2v) is 3.82. The summed E-state index contributed by atoms with van der Waals surface area (Å²) >= 11 is 0. The van der Waals surface area contributed by atoms with Crippen molar-refractivity contribution < 1.29 is 9.84 Å². The fourth-order valence-corrected chi connectivity index (χ4v) is 1.11. The van der Waals surface area contributed by atoms with Gasteiger partial charge in [-0.1, -0.05) is 13.8 Å². The van der Waals surface area contributed by atoms with Crippen LogP contribution in [0.4, 0.5) is 0 Å². The van der Waals surface area contributed by atoms with Gasteiger partial charge in [-0.15, -0.1) is 0 Å². The monoisotopic (exact) mass is 189 g/mol. The Morgan fingerprint density at radius 2 is 2.08 bits per heavy atom. The molecule has 0 rings (SSSR count). The van der Waals surface area contributed by atoms with Crippen LogP contribution >= 0.6 is 0 Å². The predicted octanol–water partition coefficient (Wildman–Crippen LogP) is 1.02. The molecule has 2 N–H and O–H groups in total. The van der Waals surface area contributed by atoms with Gasteiger partial charge in [0.1, 0.15) is 0 Å². The van der Waals surface area contributed by atoms with E-state index in [0.717, 1.165) is 18.9 Å². The van der Waals surface area contributed by atoms with E-state index in [9.17, 15) is 5.11 Å². The Bertz CT molecular complexity index is 107. The van der Waals surface area contributed by atoms with E-state index in [1.54, 1.807) is 0 Å². The highest BCUT2D eigenvalue weighted by molar-refractivity contribution is 4.55. The van der Waals surface area contributed by atoms with Crippen LogP contribution in [0.1, 0.15) is 26.7 Å². The van der Waals surface area contributed by atoms with Gasteiger partial charge < -0.3 is 15.2 Å². The van der Waals surface area contributed by atoms with E-state index >= 15 is 0 Å². The van der Waals surface area contributed by atoms with E-state index in [2.05, 4.69) is 19.2 Å². The van der Waals surface area contributed by atoms with Crippen molar-refractivity contribution in [2.75, 3.05) is 26.8 Å². The number of aliphatic hydroxyl groups excluding tert-OH is 1. The SMILES string of the molecule is CNCC(O)COCCCC(C)C. The zero-order chi connectivity index (χ0) is 10.1. The molecule has 0 fully saturated rings. The van der Waals surface area contributed by atoms with E-state index in [1.165, 1.54) is 6.42 Å². The van der Waals surface area contributed by atoms with Gasteiger partial charge in [-0.3, -0.25) is 0 Å². The molecule has 80 valence electrons. The summed E-state index contributed by atoms with van der Waals surface area (Å²) in [4.78, 5) is 0. The molecule has 0 spiro atoms. The highest BCUT2D eigenvalue weighted by Crippen LogP contribution is 2.03. The van der Waals surface area contributed by atoms with Gasteiger partial charge in [-0.05, 0) is 25.8 Å². The number of hydrogen-bond acceptors (Lipinski definition) is 3. The summed E-state index contributed by atoms with van der Waals surface area (Å²) in [6.45, 7) is 6.22. The Balaban J connectivity index is 3.06. The van der Waals surface area contributed by atoms with E-state index in [0.29, 0.717) is 13.2 Å². The molecule has 0 aliphatic carbocycles. The average molecular weight is 189 g/mol. The molecule has 3 heteroatoms. The third-order valence-electron chi connectivity index (χ3n) is 1.82.